The highest BCUT2D eigenvalue weighted by Crippen LogP contribution is 2.17. The number of aryl methyl sites for hydroxylation is 1. The van der Waals surface area contributed by atoms with Gasteiger partial charge >= 0.3 is 0 Å². The maximum Gasteiger partial charge on any atom is 0.240 e. The maximum absolute atomic E-state index is 12.2. The number of sulfonamides is 1. The van der Waals surface area contributed by atoms with Crippen LogP contribution in [0.2, 0.25) is 0 Å². The number of hydrogen-bond acceptors (Lipinski definition) is 3. The molecule has 2 aromatic rings. The number of nitrogens with one attached hydrogen (secondary N) is 1. The van der Waals surface area contributed by atoms with E-state index in [2.05, 4.69) is 4.72 Å². The Morgan fingerprint density at radius 1 is 1.10 bits per heavy atom. The molecule has 0 atom stereocenters. The summed E-state index contributed by atoms with van der Waals surface area (Å²) in [6.45, 7) is 2.29. The molecule has 0 unspecified atom stereocenters. The summed E-state index contributed by atoms with van der Waals surface area (Å²) in [5.41, 5.74) is 2.07. The molecule has 0 aliphatic heterocycles. The van der Waals surface area contributed by atoms with Crippen molar-refractivity contribution in [1.29, 1.82) is 0 Å². The lowest BCUT2D eigenvalue weighted by molar-refractivity contribution is 0.581. The minimum Gasteiger partial charge on any atom is -0.207 e. The molecule has 0 saturated carbocycles. The van der Waals surface area contributed by atoms with Crippen LogP contribution < -0.4 is 4.72 Å². The highest BCUT2D eigenvalue weighted by Gasteiger charge is 2.13. The van der Waals surface area contributed by atoms with Crippen molar-refractivity contribution in [1.82, 2.24) is 4.72 Å². The molecular weight excluding hydrogens is 290 g/mol. The van der Waals surface area contributed by atoms with Crippen molar-refractivity contribution in [3.8, 4) is 0 Å². The zero-order chi connectivity index (χ0) is 14.6. The van der Waals surface area contributed by atoms with Crippen LogP contribution in [0.25, 0.3) is 0 Å². The van der Waals surface area contributed by atoms with Gasteiger partial charge in [-0.15, -0.1) is 11.8 Å². The molecule has 2 rings (SSSR count). The van der Waals surface area contributed by atoms with Gasteiger partial charge in [-0.25, -0.2) is 13.1 Å². The summed E-state index contributed by atoms with van der Waals surface area (Å²) < 4.78 is 27.0. The summed E-state index contributed by atoms with van der Waals surface area (Å²) >= 11 is 1.58. The molecule has 106 valence electrons. The van der Waals surface area contributed by atoms with E-state index in [9.17, 15) is 8.42 Å². The minimum atomic E-state index is -3.46. The van der Waals surface area contributed by atoms with Crippen molar-refractivity contribution >= 4 is 21.8 Å². The normalized spacial score (nSPS) is 11.5. The first-order chi connectivity index (χ1) is 9.51. The first-order valence-corrected chi connectivity index (χ1v) is 8.91. The molecule has 0 aromatic heterocycles. The lowest BCUT2D eigenvalue weighted by Gasteiger charge is -2.08. The van der Waals surface area contributed by atoms with Crippen LogP contribution in [0.1, 0.15) is 11.1 Å². The largest absolute Gasteiger partial charge is 0.240 e. The summed E-state index contributed by atoms with van der Waals surface area (Å²) in [5.74, 6) is 0. The van der Waals surface area contributed by atoms with Gasteiger partial charge in [-0.3, -0.25) is 0 Å². The topological polar surface area (TPSA) is 46.2 Å². The molecule has 5 heteroatoms. The van der Waals surface area contributed by atoms with Crippen molar-refractivity contribution in [2.75, 3.05) is 6.26 Å². The molecule has 20 heavy (non-hydrogen) atoms. The van der Waals surface area contributed by atoms with Gasteiger partial charge in [0, 0.05) is 11.4 Å². The van der Waals surface area contributed by atoms with E-state index in [0.717, 1.165) is 16.0 Å². The second kappa shape index (κ2) is 6.43. The second-order valence-corrected chi connectivity index (χ2v) is 7.14. The van der Waals surface area contributed by atoms with Gasteiger partial charge in [0.15, 0.2) is 0 Å². The first-order valence-electron chi connectivity index (χ1n) is 6.20. The monoisotopic (exact) mass is 307 g/mol. The Balaban J connectivity index is 2.10. The van der Waals surface area contributed by atoms with Crippen LogP contribution in [0.15, 0.2) is 58.3 Å². The highest BCUT2D eigenvalue weighted by molar-refractivity contribution is 7.98. The van der Waals surface area contributed by atoms with Crippen molar-refractivity contribution < 1.29 is 8.42 Å². The Hall–Kier alpha value is -1.30. The van der Waals surface area contributed by atoms with Crippen LogP contribution in [0.5, 0.6) is 0 Å². The summed E-state index contributed by atoms with van der Waals surface area (Å²) in [7, 11) is -3.46. The fraction of sp³-hybridized carbons (Fsp3) is 0.200. The van der Waals surface area contributed by atoms with Crippen LogP contribution in [0, 0.1) is 6.92 Å². The van der Waals surface area contributed by atoms with E-state index < -0.39 is 10.0 Å². The van der Waals surface area contributed by atoms with Crippen molar-refractivity contribution in [3.05, 3.63) is 59.7 Å². The van der Waals surface area contributed by atoms with E-state index in [0.29, 0.717) is 11.4 Å². The molecule has 0 spiro atoms. The highest BCUT2D eigenvalue weighted by atomic mass is 32.2. The van der Waals surface area contributed by atoms with Gasteiger partial charge in [0.1, 0.15) is 0 Å². The molecule has 0 aliphatic carbocycles. The Bertz CT molecular complexity index is 679. The van der Waals surface area contributed by atoms with Gasteiger partial charge in [-0.2, -0.15) is 0 Å². The molecule has 0 saturated heterocycles. The standard InChI is InChI=1S/C15H17NO2S2/c1-12-4-3-5-13(10-12)11-16-20(17,18)15-8-6-14(19-2)7-9-15/h3-10,16H,11H2,1-2H3. The third kappa shape index (κ3) is 3.85. The smallest absolute Gasteiger partial charge is 0.207 e. The molecule has 3 nitrogen and oxygen atoms in total. The van der Waals surface area contributed by atoms with E-state index in [1.54, 1.807) is 23.9 Å². The molecular formula is C15H17NO2S2. The van der Waals surface area contributed by atoms with Gasteiger partial charge in [-0.05, 0) is 43.0 Å². The Morgan fingerprint density at radius 3 is 2.40 bits per heavy atom. The van der Waals surface area contributed by atoms with E-state index in [-0.39, 0.29) is 0 Å². The quantitative estimate of drug-likeness (QED) is 0.863. The van der Waals surface area contributed by atoms with Crippen LogP contribution in [-0.4, -0.2) is 14.7 Å². The average Bonchev–Trinajstić information content (AvgIpc) is 2.45. The summed E-state index contributed by atoms with van der Waals surface area (Å²) in [6.07, 6.45) is 1.96. The zero-order valence-electron chi connectivity index (χ0n) is 11.5. The molecule has 0 radical (unpaired) electrons. The summed E-state index contributed by atoms with van der Waals surface area (Å²) in [5, 5.41) is 0. The van der Waals surface area contributed by atoms with Crippen molar-refractivity contribution in [3.63, 3.8) is 0 Å². The fourth-order valence-corrected chi connectivity index (χ4v) is 3.26. The average molecular weight is 307 g/mol. The second-order valence-electron chi connectivity index (χ2n) is 4.49. The lowest BCUT2D eigenvalue weighted by Crippen LogP contribution is -2.23. The number of benzene rings is 2. The lowest BCUT2D eigenvalue weighted by atomic mass is 10.1. The van der Waals surface area contributed by atoms with E-state index in [4.69, 9.17) is 0 Å². The van der Waals surface area contributed by atoms with E-state index in [1.807, 2.05) is 49.6 Å². The van der Waals surface area contributed by atoms with Gasteiger partial charge in [-0.1, -0.05) is 29.8 Å². The number of rotatable bonds is 5. The summed E-state index contributed by atoms with van der Waals surface area (Å²) in [6, 6.07) is 14.7. The maximum atomic E-state index is 12.2. The van der Waals surface area contributed by atoms with Crippen molar-refractivity contribution in [2.24, 2.45) is 0 Å². The molecule has 0 heterocycles. The Kier molecular flexibility index (Phi) is 4.86. The predicted molar refractivity (Wildman–Crippen MR) is 83.4 cm³/mol. The summed E-state index contributed by atoms with van der Waals surface area (Å²) in [4.78, 5) is 1.34. The third-order valence-electron chi connectivity index (χ3n) is 2.92. The molecule has 0 fully saturated rings. The van der Waals surface area contributed by atoms with Crippen LogP contribution >= 0.6 is 11.8 Å². The number of hydrogen-bond donors (Lipinski definition) is 1. The van der Waals surface area contributed by atoms with Gasteiger partial charge in [0.05, 0.1) is 4.90 Å². The van der Waals surface area contributed by atoms with Gasteiger partial charge < -0.3 is 0 Å². The van der Waals surface area contributed by atoms with Crippen LogP contribution in [-0.2, 0) is 16.6 Å². The minimum absolute atomic E-state index is 0.294. The predicted octanol–water partition coefficient (Wildman–Crippen LogP) is 3.20. The van der Waals surface area contributed by atoms with Crippen molar-refractivity contribution in [2.45, 2.75) is 23.3 Å². The van der Waals surface area contributed by atoms with Gasteiger partial charge in [0.2, 0.25) is 10.0 Å². The SMILES string of the molecule is CSc1ccc(S(=O)(=O)NCc2cccc(C)c2)cc1. The van der Waals surface area contributed by atoms with E-state index in [1.165, 1.54) is 0 Å². The number of thioether (sulfide) groups is 1. The molecule has 0 amide bonds. The Morgan fingerprint density at radius 2 is 1.80 bits per heavy atom. The van der Waals surface area contributed by atoms with Crippen LogP contribution in [0.3, 0.4) is 0 Å². The Labute approximate surface area is 124 Å². The third-order valence-corrected chi connectivity index (χ3v) is 5.08. The zero-order valence-corrected chi connectivity index (χ0v) is 13.1. The van der Waals surface area contributed by atoms with E-state index >= 15 is 0 Å². The molecule has 0 bridgehead atoms. The van der Waals surface area contributed by atoms with Crippen LogP contribution in [0.4, 0.5) is 0 Å². The van der Waals surface area contributed by atoms with Gasteiger partial charge in [0.25, 0.3) is 0 Å². The molecule has 0 aliphatic rings. The first kappa shape index (κ1) is 15.1. The fourth-order valence-electron chi connectivity index (χ4n) is 1.84. The molecule has 2 aromatic carbocycles. The molecule has 1 N–H and O–H groups in total.